The van der Waals surface area contributed by atoms with Gasteiger partial charge in [0, 0.05) is 36.9 Å². The summed E-state index contributed by atoms with van der Waals surface area (Å²) in [6.07, 6.45) is 6.02. The zero-order chi connectivity index (χ0) is 21.8. The number of fused-ring (bicyclic) bond motifs is 1. The molecule has 0 saturated heterocycles. The number of ether oxygens (including phenoxy) is 2. The number of aryl methyl sites for hydroxylation is 2. The second kappa shape index (κ2) is 9.16. The van der Waals surface area contributed by atoms with Gasteiger partial charge in [-0.2, -0.15) is 0 Å². The number of esters is 1. The standard InChI is InChI=1S/C25H27N3O3/c1-17-5-4-6-24(27-17)28(2)20-9-10-21-18(12-14-31-23(21)15-20)7-8-19-16-26-13-11-22(19)25(29)30-3/h4-6,9-11,13,15-16,18H,7-8,12,14H2,1-3H3/t18-/m1/s1. The van der Waals surface area contributed by atoms with Crippen LogP contribution in [-0.4, -0.2) is 36.7 Å². The molecule has 1 aromatic carbocycles. The molecule has 6 nitrogen and oxygen atoms in total. The number of carbonyl (C=O) groups is 1. The van der Waals surface area contributed by atoms with Crippen LogP contribution in [0.5, 0.6) is 5.75 Å². The average Bonchev–Trinajstić information content (AvgIpc) is 2.81. The fourth-order valence-corrected chi connectivity index (χ4v) is 4.07. The van der Waals surface area contributed by atoms with Crippen LogP contribution in [-0.2, 0) is 11.2 Å². The molecule has 1 aliphatic rings. The van der Waals surface area contributed by atoms with E-state index in [-0.39, 0.29) is 5.97 Å². The number of rotatable bonds is 6. The Kier molecular flexibility index (Phi) is 6.16. The summed E-state index contributed by atoms with van der Waals surface area (Å²) in [5.74, 6) is 1.87. The second-order valence-corrected chi connectivity index (χ2v) is 7.82. The van der Waals surface area contributed by atoms with Crippen molar-refractivity contribution in [3.05, 3.63) is 77.2 Å². The SMILES string of the molecule is COC(=O)c1ccncc1CC[C@@H]1CCOc2cc(N(C)c3cccc(C)n3)ccc21. The smallest absolute Gasteiger partial charge is 0.338 e. The lowest BCUT2D eigenvalue weighted by Gasteiger charge is -2.28. The van der Waals surface area contributed by atoms with Gasteiger partial charge in [-0.3, -0.25) is 4.98 Å². The van der Waals surface area contributed by atoms with Crippen molar-refractivity contribution in [3.63, 3.8) is 0 Å². The summed E-state index contributed by atoms with van der Waals surface area (Å²) < 4.78 is 10.9. The van der Waals surface area contributed by atoms with Gasteiger partial charge in [0.2, 0.25) is 0 Å². The lowest BCUT2D eigenvalue weighted by Crippen LogP contribution is -2.17. The van der Waals surface area contributed by atoms with Gasteiger partial charge >= 0.3 is 5.97 Å². The first kappa shape index (κ1) is 20.8. The van der Waals surface area contributed by atoms with E-state index in [1.54, 1.807) is 18.5 Å². The minimum absolute atomic E-state index is 0.317. The van der Waals surface area contributed by atoms with E-state index >= 15 is 0 Å². The van der Waals surface area contributed by atoms with Crippen LogP contribution < -0.4 is 9.64 Å². The number of nitrogens with zero attached hydrogens (tertiary/aromatic N) is 3. The number of anilines is 2. The van der Waals surface area contributed by atoms with Crippen molar-refractivity contribution in [2.45, 2.75) is 32.1 Å². The molecule has 6 heteroatoms. The molecule has 4 rings (SSSR count). The van der Waals surface area contributed by atoms with Crippen molar-refractivity contribution in [2.75, 3.05) is 25.7 Å². The first-order chi connectivity index (χ1) is 15.1. The Morgan fingerprint density at radius 2 is 2.13 bits per heavy atom. The highest BCUT2D eigenvalue weighted by Gasteiger charge is 2.23. The average molecular weight is 418 g/mol. The lowest BCUT2D eigenvalue weighted by atomic mass is 9.87. The number of pyridine rings is 2. The van der Waals surface area contributed by atoms with Crippen LogP contribution in [0.3, 0.4) is 0 Å². The molecular formula is C25H27N3O3. The quantitative estimate of drug-likeness (QED) is 0.535. The predicted octanol–water partition coefficient (Wildman–Crippen LogP) is 4.84. The minimum Gasteiger partial charge on any atom is -0.493 e. The summed E-state index contributed by atoms with van der Waals surface area (Å²) in [7, 11) is 3.42. The van der Waals surface area contributed by atoms with Crippen LogP contribution >= 0.6 is 0 Å². The van der Waals surface area contributed by atoms with Gasteiger partial charge < -0.3 is 14.4 Å². The highest BCUT2D eigenvalue weighted by molar-refractivity contribution is 5.90. The molecule has 0 fully saturated rings. The number of hydrogen-bond donors (Lipinski definition) is 0. The third-order valence-corrected chi connectivity index (χ3v) is 5.84. The van der Waals surface area contributed by atoms with Crippen molar-refractivity contribution in [1.82, 2.24) is 9.97 Å². The van der Waals surface area contributed by atoms with Gasteiger partial charge in [0.25, 0.3) is 0 Å². The molecule has 1 aliphatic heterocycles. The van der Waals surface area contributed by atoms with Gasteiger partial charge in [-0.1, -0.05) is 12.1 Å². The summed E-state index contributed by atoms with van der Waals surface area (Å²) >= 11 is 0. The fourth-order valence-electron chi connectivity index (χ4n) is 4.07. The van der Waals surface area contributed by atoms with Crippen molar-refractivity contribution < 1.29 is 14.3 Å². The van der Waals surface area contributed by atoms with E-state index in [1.807, 2.05) is 32.2 Å². The molecular weight excluding hydrogens is 390 g/mol. The van der Waals surface area contributed by atoms with Gasteiger partial charge in [-0.05, 0) is 67.5 Å². The highest BCUT2D eigenvalue weighted by atomic mass is 16.5. The van der Waals surface area contributed by atoms with E-state index < -0.39 is 0 Å². The zero-order valence-electron chi connectivity index (χ0n) is 18.2. The summed E-state index contributed by atoms with van der Waals surface area (Å²) in [6.45, 7) is 2.68. The first-order valence-corrected chi connectivity index (χ1v) is 10.5. The number of carbonyl (C=O) groups excluding carboxylic acids is 1. The number of hydrogen-bond acceptors (Lipinski definition) is 6. The van der Waals surface area contributed by atoms with Gasteiger partial charge in [0.05, 0.1) is 19.3 Å². The number of aromatic nitrogens is 2. The van der Waals surface area contributed by atoms with Crippen molar-refractivity contribution in [1.29, 1.82) is 0 Å². The van der Waals surface area contributed by atoms with Crippen LogP contribution in [0.15, 0.2) is 54.9 Å². The Bertz CT molecular complexity index is 1080. The van der Waals surface area contributed by atoms with Gasteiger partial charge in [0.15, 0.2) is 0 Å². The summed E-state index contributed by atoms with van der Waals surface area (Å²) in [6, 6.07) is 14.1. The van der Waals surface area contributed by atoms with Crippen LogP contribution in [0.25, 0.3) is 0 Å². The van der Waals surface area contributed by atoms with Crippen LogP contribution in [0.2, 0.25) is 0 Å². The molecule has 1 atom stereocenters. The second-order valence-electron chi connectivity index (χ2n) is 7.82. The van der Waals surface area contributed by atoms with Crippen LogP contribution in [0, 0.1) is 6.92 Å². The molecule has 0 radical (unpaired) electrons. The molecule has 31 heavy (non-hydrogen) atoms. The Hall–Kier alpha value is -3.41. The minimum atomic E-state index is -0.317. The maximum absolute atomic E-state index is 12.0. The lowest BCUT2D eigenvalue weighted by molar-refractivity contribution is 0.0599. The zero-order valence-corrected chi connectivity index (χ0v) is 18.2. The van der Waals surface area contributed by atoms with Gasteiger partial charge in [-0.25, -0.2) is 9.78 Å². The molecule has 160 valence electrons. The van der Waals surface area contributed by atoms with Crippen molar-refractivity contribution in [2.24, 2.45) is 0 Å². The Labute approximate surface area is 182 Å². The summed E-state index contributed by atoms with van der Waals surface area (Å²) in [5, 5.41) is 0. The predicted molar refractivity (Wildman–Crippen MR) is 120 cm³/mol. The van der Waals surface area contributed by atoms with E-state index in [0.29, 0.717) is 18.1 Å². The molecule has 3 aromatic rings. The Balaban J connectivity index is 1.52. The molecule has 0 amide bonds. The summed E-state index contributed by atoms with van der Waals surface area (Å²) in [4.78, 5) is 22.9. The molecule has 0 unspecified atom stereocenters. The third kappa shape index (κ3) is 4.53. The normalized spacial score (nSPS) is 15.0. The van der Waals surface area contributed by atoms with Crippen LogP contribution in [0.4, 0.5) is 11.5 Å². The van der Waals surface area contributed by atoms with E-state index in [2.05, 4.69) is 33.1 Å². The van der Waals surface area contributed by atoms with Crippen LogP contribution in [0.1, 0.15) is 45.9 Å². The molecule has 0 aliphatic carbocycles. The molecule has 2 aromatic heterocycles. The van der Waals surface area contributed by atoms with Gasteiger partial charge in [0.1, 0.15) is 11.6 Å². The maximum atomic E-state index is 12.0. The van der Waals surface area contributed by atoms with Crippen molar-refractivity contribution >= 4 is 17.5 Å². The Morgan fingerprint density at radius 1 is 1.26 bits per heavy atom. The van der Waals surface area contributed by atoms with E-state index in [0.717, 1.165) is 47.8 Å². The largest absolute Gasteiger partial charge is 0.493 e. The number of methoxy groups -OCH3 is 1. The summed E-state index contributed by atoms with van der Waals surface area (Å²) in [5.41, 5.74) is 4.75. The highest BCUT2D eigenvalue weighted by Crippen LogP contribution is 2.39. The third-order valence-electron chi connectivity index (χ3n) is 5.84. The van der Waals surface area contributed by atoms with Gasteiger partial charge in [-0.15, -0.1) is 0 Å². The molecule has 0 saturated carbocycles. The molecule has 0 N–H and O–H groups in total. The number of benzene rings is 1. The van der Waals surface area contributed by atoms with E-state index in [1.165, 1.54) is 12.7 Å². The monoisotopic (exact) mass is 417 g/mol. The van der Waals surface area contributed by atoms with E-state index in [4.69, 9.17) is 9.47 Å². The Morgan fingerprint density at radius 3 is 2.94 bits per heavy atom. The van der Waals surface area contributed by atoms with Crippen molar-refractivity contribution in [3.8, 4) is 5.75 Å². The molecule has 0 spiro atoms. The molecule has 0 bridgehead atoms. The topological polar surface area (TPSA) is 64.6 Å². The molecule has 3 heterocycles. The maximum Gasteiger partial charge on any atom is 0.338 e. The fraction of sp³-hybridized carbons (Fsp3) is 0.320. The van der Waals surface area contributed by atoms with E-state index in [9.17, 15) is 4.79 Å². The first-order valence-electron chi connectivity index (χ1n) is 10.5.